The highest BCUT2D eigenvalue weighted by Gasteiger charge is 2.38. The maximum absolute atomic E-state index is 11.2. The molecule has 0 spiro atoms. The van der Waals surface area contributed by atoms with E-state index in [0.717, 1.165) is 25.7 Å². The zero-order valence-electron chi connectivity index (χ0n) is 10.0. The molecule has 1 aliphatic carbocycles. The van der Waals surface area contributed by atoms with Crippen LogP contribution in [-0.4, -0.2) is 26.9 Å². The molecule has 0 N–H and O–H groups in total. The maximum Gasteiger partial charge on any atom is 0.235 e. The maximum atomic E-state index is 11.2. The molecule has 5 heteroatoms. The molecule has 0 heterocycles. The molecule has 1 saturated carbocycles. The van der Waals surface area contributed by atoms with Gasteiger partial charge in [-0.3, -0.25) is 0 Å². The molecule has 3 nitrogen and oxygen atoms in total. The lowest BCUT2D eigenvalue weighted by molar-refractivity contribution is -0.0297. The average molecular weight is 269 g/mol. The molecule has 0 saturated heterocycles. The molecule has 1 atom stereocenters. The van der Waals surface area contributed by atoms with E-state index in [1.807, 2.05) is 6.92 Å². The zero-order valence-corrected chi connectivity index (χ0v) is 11.6. The Hall–Kier alpha value is 0.200. The third kappa shape index (κ3) is 4.22. The van der Waals surface area contributed by atoms with Crippen LogP contribution in [0.25, 0.3) is 0 Å². The van der Waals surface area contributed by atoms with E-state index in [2.05, 4.69) is 0 Å². The topological polar surface area (TPSA) is 43.4 Å². The first-order valence-electron chi connectivity index (χ1n) is 5.85. The van der Waals surface area contributed by atoms with E-state index in [4.69, 9.17) is 15.4 Å². The second-order valence-corrected chi connectivity index (χ2v) is 7.67. The minimum absolute atomic E-state index is 0.0945. The minimum Gasteiger partial charge on any atom is -0.377 e. The standard InChI is InChI=1S/C11H21ClO3S/c1-11(15-2,9-16(12,13)14)10-7-5-3-4-6-8-10/h10H,3-9H2,1-2H3. The van der Waals surface area contributed by atoms with Crippen LogP contribution in [0, 0.1) is 5.92 Å². The average Bonchev–Trinajstić information content (AvgIpc) is 2.43. The van der Waals surface area contributed by atoms with Gasteiger partial charge in [-0.1, -0.05) is 25.7 Å². The van der Waals surface area contributed by atoms with Gasteiger partial charge in [0.05, 0.1) is 11.4 Å². The molecular formula is C11H21ClO3S. The van der Waals surface area contributed by atoms with Crippen molar-refractivity contribution in [3.63, 3.8) is 0 Å². The fourth-order valence-corrected chi connectivity index (χ4v) is 4.26. The molecule has 0 amide bonds. The third-order valence-electron chi connectivity index (χ3n) is 3.64. The summed E-state index contributed by atoms with van der Waals surface area (Å²) in [5.74, 6) is 0.205. The lowest BCUT2D eigenvalue weighted by atomic mass is 9.84. The summed E-state index contributed by atoms with van der Waals surface area (Å²) in [6.07, 6.45) is 6.87. The molecule has 1 rings (SSSR count). The van der Waals surface area contributed by atoms with Crippen LogP contribution in [0.1, 0.15) is 45.4 Å². The van der Waals surface area contributed by atoms with E-state index in [9.17, 15) is 8.42 Å². The van der Waals surface area contributed by atoms with Crippen molar-refractivity contribution in [3.05, 3.63) is 0 Å². The zero-order chi connectivity index (χ0) is 12.2. The van der Waals surface area contributed by atoms with Crippen molar-refractivity contribution >= 4 is 19.7 Å². The monoisotopic (exact) mass is 268 g/mol. The van der Waals surface area contributed by atoms with E-state index >= 15 is 0 Å². The van der Waals surface area contributed by atoms with Crippen LogP contribution in [0.3, 0.4) is 0 Å². The first-order valence-corrected chi connectivity index (χ1v) is 8.33. The molecule has 0 bridgehead atoms. The Kier molecular flexibility index (Phi) is 5.08. The Bertz CT molecular complexity index is 307. The molecular weight excluding hydrogens is 248 g/mol. The van der Waals surface area contributed by atoms with Gasteiger partial charge in [0.25, 0.3) is 0 Å². The van der Waals surface area contributed by atoms with Crippen LogP contribution >= 0.6 is 10.7 Å². The van der Waals surface area contributed by atoms with Gasteiger partial charge in [0, 0.05) is 17.8 Å². The van der Waals surface area contributed by atoms with Crippen LogP contribution in [0.2, 0.25) is 0 Å². The molecule has 0 aromatic carbocycles. The summed E-state index contributed by atoms with van der Waals surface area (Å²) >= 11 is 0. The predicted octanol–water partition coefficient (Wildman–Crippen LogP) is 2.93. The van der Waals surface area contributed by atoms with Gasteiger partial charge in [0.15, 0.2) is 0 Å². The SMILES string of the molecule is COC(C)(CS(=O)(=O)Cl)C1CCCCCC1. The van der Waals surface area contributed by atoms with Crippen molar-refractivity contribution in [3.8, 4) is 0 Å². The summed E-state index contributed by atoms with van der Waals surface area (Å²) in [5, 5.41) is 0. The fraction of sp³-hybridized carbons (Fsp3) is 1.00. The highest BCUT2D eigenvalue weighted by Crippen LogP contribution is 2.35. The Morgan fingerprint density at radius 1 is 1.25 bits per heavy atom. The molecule has 1 aliphatic rings. The minimum atomic E-state index is -3.51. The van der Waals surface area contributed by atoms with Gasteiger partial charge in [-0.25, -0.2) is 8.42 Å². The third-order valence-corrected chi connectivity index (χ3v) is 4.89. The highest BCUT2D eigenvalue weighted by atomic mass is 35.7. The molecule has 0 aromatic heterocycles. The molecule has 0 aromatic rings. The van der Waals surface area contributed by atoms with Crippen molar-refractivity contribution in [2.24, 2.45) is 5.92 Å². The Morgan fingerprint density at radius 3 is 2.12 bits per heavy atom. The van der Waals surface area contributed by atoms with Crippen molar-refractivity contribution in [1.29, 1.82) is 0 Å². The smallest absolute Gasteiger partial charge is 0.235 e. The van der Waals surface area contributed by atoms with E-state index in [1.54, 1.807) is 7.11 Å². The van der Waals surface area contributed by atoms with Gasteiger partial charge in [0.2, 0.25) is 9.05 Å². The first kappa shape index (κ1) is 14.3. The van der Waals surface area contributed by atoms with Crippen LogP contribution in [0.15, 0.2) is 0 Å². The van der Waals surface area contributed by atoms with Gasteiger partial charge in [-0.15, -0.1) is 0 Å². The van der Waals surface area contributed by atoms with Gasteiger partial charge < -0.3 is 4.74 Å². The van der Waals surface area contributed by atoms with Crippen LogP contribution in [0.4, 0.5) is 0 Å². The van der Waals surface area contributed by atoms with Crippen molar-refractivity contribution in [2.45, 2.75) is 51.0 Å². The van der Waals surface area contributed by atoms with E-state index in [0.29, 0.717) is 5.92 Å². The van der Waals surface area contributed by atoms with Gasteiger partial charge in [-0.2, -0.15) is 0 Å². The van der Waals surface area contributed by atoms with E-state index in [1.165, 1.54) is 12.8 Å². The number of hydrogen-bond acceptors (Lipinski definition) is 3. The Labute approximate surface area is 103 Å². The second kappa shape index (κ2) is 5.69. The lowest BCUT2D eigenvalue weighted by Crippen LogP contribution is -2.42. The molecule has 0 aliphatic heterocycles. The van der Waals surface area contributed by atoms with E-state index < -0.39 is 14.7 Å². The normalized spacial score (nSPS) is 23.7. The van der Waals surface area contributed by atoms with Crippen LogP contribution in [0.5, 0.6) is 0 Å². The Morgan fingerprint density at radius 2 is 1.75 bits per heavy atom. The van der Waals surface area contributed by atoms with Gasteiger partial charge in [0.1, 0.15) is 0 Å². The van der Waals surface area contributed by atoms with Crippen LogP contribution < -0.4 is 0 Å². The van der Waals surface area contributed by atoms with Crippen LogP contribution in [-0.2, 0) is 13.8 Å². The quantitative estimate of drug-likeness (QED) is 0.582. The second-order valence-electron chi connectivity index (χ2n) is 4.89. The van der Waals surface area contributed by atoms with Gasteiger partial charge in [-0.05, 0) is 25.7 Å². The lowest BCUT2D eigenvalue weighted by Gasteiger charge is -2.35. The number of ether oxygens (including phenoxy) is 1. The molecule has 0 radical (unpaired) electrons. The van der Waals surface area contributed by atoms with Crippen molar-refractivity contribution in [2.75, 3.05) is 12.9 Å². The molecule has 1 fully saturated rings. The van der Waals surface area contributed by atoms with Crippen molar-refractivity contribution in [1.82, 2.24) is 0 Å². The summed E-state index contributed by atoms with van der Waals surface area (Å²) < 4.78 is 27.9. The summed E-state index contributed by atoms with van der Waals surface area (Å²) in [7, 11) is 3.42. The summed E-state index contributed by atoms with van der Waals surface area (Å²) in [4.78, 5) is 0. The summed E-state index contributed by atoms with van der Waals surface area (Å²) in [5.41, 5.74) is -0.634. The van der Waals surface area contributed by atoms with Crippen molar-refractivity contribution < 1.29 is 13.2 Å². The highest BCUT2D eigenvalue weighted by molar-refractivity contribution is 8.13. The summed E-state index contributed by atoms with van der Waals surface area (Å²) in [6, 6.07) is 0. The number of rotatable bonds is 4. The number of hydrogen-bond donors (Lipinski definition) is 0. The number of methoxy groups -OCH3 is 1. The molecule has 16 heavy (non-hydrogen) atoms. The number of halogens is 1. The predicted molar refractivity (Wildman–Crippen MR) is 66.2 cm³/mol. The largest absolute Gasteiger partial charge is 0.377 e. The van der Waals surface area contributed by atoms with Gasteiger partial charge >= 0.3 is 0 Å². The fourth-order valence-electron chi connectivity index (χ4n) is 2.58. The molecule has 96 valence electrons. The van der Waals surface area contributed by atoms with E-state index in [-0.39, 0.29) is 5.75 Å². The first-order chi connectivity index (χ1) is 7.37. The molecule has 1 unspecified atom stereocenters. The Balaban J connectivity index is 2.76. The summed E-state index contributed by atoms with van der Waals surface area (Å²) in [6.45, 7) is 1.86.